The van der Waals surface area contributed by atoms with Gasteiger partial charge < -0.3 is 5.32 Å². The molecule has 0 aliphatic heterocycles. The fourth-order valence-corrected chi connectivity index (χ4v) is 3.02. The lowest BCUT2D eigenvalue weighted by atomic mass is 10.1. The average Bonchev–Trinajstić information content (AvgIpc) is 3.17. The van der Waals surface area contributed by atoms with Crippen LogP contribution < -0.4 is 5.32 Å². The number of rotatable bonds is 7. The third-order valence-corrected chi connectivity index (χ3v) is 4.54. The Balaban J connectivity index is 1.72. The van der Waals surface area contributed by atoms with Crippen LogP contribution in [0.25, 0.3) is 11.1 Å². The standard InChI is InChI=1S/C18H18FN5OS/c1-26-10-9-17(24-12-20-22-23-24)18(25)21-16-7-5-13(6-8-16)14-3-2-4-15(19)11-14/h2-8,11-12,17H,9-10H2,1H3,(H,21,25)/t17-/m0/s1. The molecule has 1 N–H and O–H groups in total. The number of nitrogens with one attached hydrogen (secondary N) is 1. The van der Waals surface area contributed by atoms with Crippen LogP contribution in [0.5, 0.6) is 0 Å². The zero-order valence-corrected chi connectivity index (χ0v) is 15.0. The van der Waals surface area contributed by atoms with Gasteiger partial charge in [0.25, 0.3) is 0 Å². The molecule has 0 saturated carbocycles. The SMILES string of the molecule is CSCC[C@@H](C(=O)Nc1ccc(-c2cccc(F)c2)cc1)n1cnnn1. The van der Waals surface area contributed by atoms with E-state index in [9.17, 15) is 9.18 Å². The Morgan fingerprint density at radius 2 is 2.04 bits per heavy atom. The van der Waals surface area contributed by atoms with Gasteiger partial charge in [-0.1, -0.05) is 24.3 Å². The van der Waals surface area contributed by atoms with E-state index in [2.05, 4.69) is 20.8 Å². The predicted molar refractivity (Wildman–Crippen MR) is 100 cm³/mol. The van der Waals surface area contributed by atoms with Crippen LogP contribution in [0.15, 0.2) is 54.9 Å². The first-order chi connectivity index (χ1) is 12.7. The molecule has 26 heavy (non-hydrogen) atoms. The number of carbonyl (C=O) groups is 1. The Bertz CT molecular complexity index is 854. The molecule has 134 valence electrons. The quantitative estimate of drug-likeness (QED) is 0.689. The molecule has 0 spiro atoms. The maximum absolute atomic E-state index is 13.4. The third kappa shape index (κ3) is 4.45. The Morgan fingerprint density at radius 3 is 2.69 bits per heavy atom. The van der Waals surface area contributed by atoms with E-state index in [4.69, 9.17) is 0 Å². The maximum Gasteiger partial charge on any atom is 0.249 e. The first kappa shape index (κ1) is 18.1. The Morgan fingerprint density at radius 1 is 1.23 bits per heavy atom. The summed E-state index contributed by atoms with van der Waals surface area (Å²) >= 11 is 1.66. The lowest BCUT2D eigenvalue weighted by Crippen LogP contribution is -2.27. The second-order valence-electron chi connectivity index (χ2n) is 5.66. The van der Waals surface area contributed by atoms with Crippen molar-refractivity contribution >= 4 is 23.4 Å². The summed E-state index contributed by atoms with van der Waals surface area (Å²) in [6, 6.07) is 13.2. The van der Waals surface area contributed by atoms with Gasteiger partial charge in [-0.15, -0.1) is 5.10 Å². The first-order valence-corrected chi connectivity index (χ1v) is 9.45. The molecule has 0 radical (unpaired) electrons. The summed E-state index contributed by atoms with van der Waals surface area (Å²) in [5.74, 6) is 0.360. The zero-order chi connectivity index (χ0) is 18.4. The van der Waals surface area contributed by atoms with Gasteiger partial charge in [0.05, 0.1) is 0 Å². The highest BCUT2D eigenvalue weighted by atomic mass is 32.2. The molecule has 0 aliphatic rings. The van der Waals surface area contributed by atoms with E-state index in [-0.39, 0.29) is 11.7 Å². The summed E-state index contributed by atoms with van der Waals surface area (Å²) in [6.07, 6.45) is 4.05. The van der Waals surface area contributed by atoms with Crippen LogP contribution in [0.1, 0.15) is 12.5 Å². The van der Waals surface area contributed by atoms with Crippen LogP contribution in [-0.4, -0.2) is 38.1 Å². The minimum absolute atomic E-state index is 0.176. The van der Waals surface area contributed by atoms with Crippen molar-refractivity contribution in [1.82, 2.24) is 20.2 Å². The van der Waals surface area contributed by atoms with Gasteiger partial charge in [0.2, 0.25) is 5.91 Å². The lowest BCUT2D eigenvalue weighted by molar-refractivity contribution is -0.119. The van der Waals surface area contributed by atoms with Gasteiger partial charge in [-0.05, 0) is 64.2 Å². The van der Waals surface area contributed by atoms with E-state index >= 15 is 0 Å². The van der Waals surface area contributed by atoms with Crippen LogP contribution in [0.3, 0.4) is 0 Å². The summed E-state index contributed by atoms with van der Waals surface area (Å²) < 4.78 is 14.8. The summed E-state index contributed by atoms with van der Waals surface area (Å²) in [6.45, 7) is 0. The van der Waals surface area contributed by atoms with Gasteiger partial charge in [0, 0.05) is 5.69 Å². The Hall–Kier alpha value is -2.74. The Labute approximate surface area is 154 Å². The molecule has 1 atom stereocenters. The largest absolute Gasteiger partial charge is 0.324 e. The van der Waals surface area contributed by atoms with Crippen molar-refractivity contribution in [2.45, 2.75) is 12.5 Å². The van der Waals surface area contributed by atoms with Gasteiger partial charge in [-0.2, -0.15) is 11.8 Å². The monoisotopic (exact) mass is 371 g/mol. The van der Waals surface area contributed by atoms with E-state index in [0.29, 0.717) is 12.1 Å². The number of hydrogen-bond donors (Lipinski definition) is 1. The highest BCUT2D eigenvalue weighted by Gasteiger charge is 2.21. The summed E-state index contributed by atoms with van der Waals surface area (Å²) in [5.41, 5.74) is 2.33. The van der Waals surface area contributed by atoms with E-state index < -0.39 is 6.04 Å². The molecule has 0 fully saturated rings. The van der Waals surface area contributed by atoms with Crippen molar-refractivity contribution in [3.63, 3.8) is 0 Å². The van der Waals surface area contributed by atoms with Crippen molar-refractivity contribution in [1.29, 1.82) is 0 Å². The molecule has 8 heteroatoms. The van der Waals surface area contributed by atoms with E-state index in [0.717, 1.165) is 16.9 Å². The number of tetrazole rings is 1. The number of hydrogen-bond acceptors (Lipinski definition) is 5. The fourth-order valence-electron chi connectivity index (χ4n) is 2.56. The molecule has 3 rings (SSSR count). The molecule has 3 aromatic rings. The molecule has 0 saturated heterocycles. The molecule has 0 aliphatic carbocycles. The number of amides is 1. The smallest absolute Gasteiger partial charge is 0.249 e. The highest BCUT2D eigenvalue weighted by molar-refractivity contribution is 7.98. The van der Waals surface area contributed by atoms with Crippen LogP contribution in [-0.2, 0) is 4.79 Å². The van der Waals surface area contributed by atoms with Gasteiger partial charge in [-0.25, -0.2) is 9.07 Å². The van der Waals surface area contributed by atoms with Crippen molar-refractivity contribution in [3.05, 3.63) is 60.7 Å². The van der Waals surface area contributed by atoms with E-state index in [1.807, 2.05) is 24.5 Å². The third-order valence-electron chi connectivity index (χ3n) is 3.89. The van der Waals surface area contributed by atoms with Gasteiger partial charge in [0.1, 0.15) is 18.2 Å². The summed E-state index contributed by atoms with van der Waals surface area (Å²) in [5, 5.41) is 14.0. The summed E-state index contributed by atoms with van der Waals surface area (Å²) in [7, 11) is 0. The predicted octanol–water partition coefficient (Wildman–Crippen LogP) is 3.41. The topological polar surface area (TPSA) is 72.7 Å². The second kappa shape index (κ2) is 8.57. The molecule has 2 aromatic carbocycles. The van der Waals surface area contributed by atoms with E-state index in [1.165, 1.54) is 23.1 Å². The molecule has 0 bridgehead atoms. The number of anilines is 1. The van der Waals surface area contributed by atoms with Gasteiger partial charge >= 0.3 is 0 Å². The molecule has 1 aromatic heterocycles. The average molecular weight is 371 g/mol. The van der Waals surface area contributed by atoms with Gasteiger partial charge in [0.15, 0.2) is 0 Å². The van der Waals surface area contributed by atoms with Crippen LogP contribution in [0.4, 0.5) is 10.1 Å². The Kier molecular flexibility index (Phi) is 5.96. The van der Waals surface area contributed by atoms with Crippen LogP contribution in [0.2, 0.25) is 0 Å². The van der Waals surface area contributed by atoms with Crippen molar-refractivity contribution in [2.75, 3.05) is 17.3 Å². The number of nitrogens with zero attached hydrogens (tertiary/aromatic N) is 4. The molecule has 1 amide bonds. The molecular formula is C18H18FN5OS. The number of aromatic nitrogens is 4. The van der Waals surface area contributed by atoms with Crippen LogP contribution in [0, 0.1) is 5.82 Å². The lowest BCUT2D eigenvalue weighted by Gasteiger charge is -2.16. The first-order valence-electron chi connectivity index (χ1n) is 8.05. The number of thioether (sulfide) groups is 1. The van der Waals surface area contributed by atoms with Gasteiger partial charge in [-0.3, -0.25) is 4.79 Å². The van der Waals surface area contributed by atoms with Crippen LogP contribution >= 0.6 is 11.8 Å². The molecule has 1 heterocycles. The number of halogens is 1. The second-order valence-corrected chi connectivity index (χ2v) is 6.65. The molecule has 6 nitrogen and oxygen atoms in total. The molecule has 0 unspecified atom stereocenters. The number of benzene rings is 2. The van der Waals surface area contributed by atoms with Crippen molar-refractivity contribution < 1.29 is 9.18 Å². The minimum atomic E-state index is -0.472. The highest BCUT2D eigenvalue weighted by Crippen LogP contribution is 2.23. The van der Waals surface area contributed by atoms with Crippen molar-refractivity contribution in [2.24, 2.45) is 0 Å². The number of carbonyl (C=O) groups excluding carboxylic acids is 1. The maximum atomic E-state index is 13.4. The zero-order valence-electron chi connectivity index (χ0n) is 14.2. The normalized spacial score (nSPS) is 11.9. The summed E-state index contributed by atoms with van der Waals surface area (Å²) in [4.78, 5) is 12.6. The fraction of sp³-hybridized carbons (Fsp3) is 0.222. The van der Waals surface area contributed by atoms with E-state index in [1.54, 1.807) is 30.0 Å². The minimum Gasteiger partial charge on any atom is -0.324 e. The van der Waals surface area contributed by atoms with Crippen molar-refractivity contribution in [3.8, 4) is 11.1 Å². The molecular weight excluding hydrogens is 353 g/mol.